The molecule has 28 heavy (non-hydrogen) atoms. The number of carbonyl (C=O) groups is 2. The predicted molar refractivity (Wildman–Crippen MR) is 106 cm³/mol. The highest BCUT2D eigenvalue weighted by Crippen LogP contribution is 2.27. The zero-order valence-electron chi connectivity index (χ0n) is 15.8. The maximum Gasteiger partial charge on any atom is 0.411 e. The van der Waals surface area contributed by atoms with E-state index in [-0.39, 0.29) is 17.6 Å². The van der Waals surface area contributed by atoms with Crippen molar-refractivity contribution in [2.75, 3.05) is 30.7 Å². The molecule has 2 amide bonds. The molecule has 0 aromatic heterocycles. The molecule has 148 valence electrons. The molecule has 1 heterocycles. The van der Waals surface area contributed by atoms with E-state index in [0.29, 0.717) is 31.1 Å². The Morgan fingerprint density at radius 1 is 1.14 bits per heavy atom. The van der Waals surface area contributed by atoms with Crippen LogP contribution in [0.2, 0.25) is 0 Å². The number of ether oxygens (including phenoxy) is 1. The molecule has 1 saturated heterocycles. The number of carbonyl (C=O) groups excluding carboxylic acids is 2. The molecule has 0 saturated carbocycles. The number of nitrogens with one attached hydrogen (secondary N) is 1. The van der Waals surface area contributed by atoms with Gasteiger partial charge in [0, 0.05) is 20.0 Å². The van der Waals surface area contributed by atoms with Crippen LogP contribution in [0.15, 0.2) is 42.5 Å². The van der Waals surface area contributed by atoms with Crippen LogP contribution in [0.3, 0.4) is 0 Å². The summed E-state index contributed by atoms with van der Waals surface area (Å²) in [6, 6.07) is 11.3. The van der Waals surface area contributed by atoms with Crippen LogP contribution in [-0.4, -0.2) is 36.6 Å². The number of piperidine rings is 1. The van der Waals surface area contributed by atoms with Crippen molar-refractivity contribution in [1.82, 2.24) is 4.90 Å². The van der Waals surface area contributed by atoms with E-state index in [1.54, 1.807) is 36.1 Å². The number of anilines is 2. The van der Waals surface area contributed by atoms with Crippen LogP contribution >= 0.6 is 0 Å². The van der Waals surface area contributed by atoms with Gasteiger partial charge in [0.25, 0.3) is 0 Å². The Kier molecular flexibility index (Phi) is 6.13. The number of likely N-dealkylation sites (tertiary alicyclic amines) is 1. The predicted octanol–water partition coefficient (Wildman–Crippen LogP) is 3.88. The molecule has 0 radical (unpaired) electrons. The molecule has 2 aromatic carbocycles. The van der Waals surface area contributed by atoms with Gasteiger partial charge in [-0.15, -0.1) is 0 Å². The van der Waals surface area contributed by atoms with Crippen molar-refractivity contribution in [2.24, 2.45) is 5.92 Å². The van der Waals surface area contributed by atoms with Crippen LogP contribution in [0.4, 0.5) is 20.6 Å². The van der Waals surface area contributed by atoms with Gasteiger partial charge in [0.2, 0.25) is 5.91 Å². The first-order chi connectivity index (χ1) is 13.4. The number of benzene rings is 2. The first kappa shape index (κ1) is 19.7. The largest absolute Gasteiger partial charge is 0.449 e. The summed E-state index contributed by atoms with van der Waals surface area (Å²) in [6.07, 6.45) is 1.06. The number of nitrogen functional groups attached to an aromatic ring is 1. The molecule has 1 fully saturated rings. The Labute approximate surface area is 163 Å². The Balaban J connectivity index is 1.56. The van der Waals surface area contributed by atoms with Crippen molar-refractivity contribution in [3.8, 4) is 11.1 Å². The van der Waals surface area contributed by atoms with Gasteiger partial charge in [-0.05, 0) is 54.2 Å². The second-order valence-electron chi connectivity index (χ2n) is 6.98. The van der Waals surface area contributed by atoms with Gasteiger partial charge in [0.15, 0.2) is 0 Å². The van der Waals surface area contributed by atoms with Gasteiger partial charge in [-0.25, -0.2) is 9.18 Å². The quantitative estimate of drug-likeness (QED) is 0.782. The molecule has 1 aliphatic rings. The molecular formula is C21H24FN3O3. The highest BCUT2D eigenvalue weighted by Gasteiger charge is 2.22. The van der Waals surface area contributed by atoms with Gasteiger partial charge < -0.3 is 15.4 Å². The number of nitrogens with zero attached hydrogens (tertiary/aromatic N) is 1. The van der Waals surface area contributed by atoms with Crippen LogP contribution in [0.5, 0.6) is 0 Å². The third-order valence-electron chi connectivity index (χ3n) is 4.98. The Morgan fingerprint density at radius 3 is 2.43 bits per heavy atom. The first-order valence-electron chi connectivity index (χ1n) is 9.27. The summed E-state index contributed by atoms with van der Waals surface area (Å²) in [7, 11) is 0. The fraction of sp³-hybridized carbons (Fsp3) is 0.333. The smallest absolute Gasteiger partial charge is 0.411 e. The van der Waals surface area contributed by atoms with E-state index in [0.717, 1.165) is 24.0 Å². The first-order valence-corrected chi connectivity index (χ1v) is 9.27. The number of rotatable bonds is 4. The standard InChI is InChI=1S/C21H24FN3O3/c1-14(26)25-10-8-15(9-11-25)13-28-21(27)24-20-12-17(4-7-19(20)23)16-2-5-18(22)6-3-16/h2-7,12,15H,8-11,13,23H2,1H3,(H,24,27). The minimum atomic E-state index is -0.572. The summed E-state index contributed by atoms with van der Waals surface area (Å²) in [5.74, 6) is 0.00752. The van der Waals surface area contributed by atoms with Gasteiger partial charge in [-0.2, -0.15) is 0 Å². The summed E-state index contributed by atoms with van der Waals surface area (Å²) in [6.45, 7) is 3.25. The Bertz CT molecular complexity index is 846. The average Bonchev–Trinajstić information content (AvgIpc) is 2.69. The van der Waals surface area contributed by atoms with Crippen LogP contribution in [0.25, 0.3) is 11.1 Å². The second-order valence-corrected chi connectivity index (χ2v) is 6.98. The highest BCUT2D eigenvalue weighted by molar-refractivity contribution is 5.90. The van der Waals surface area contributed by atoms with Crippen LogP contribution in [0, 0.1) is 11.7 Å². The molecular weight excluding hydrogens is 361 g/mol. The summed E-state index contributed by atoms with van der Waals surface area (Å²) in [5.41, 5.74) is 8.43. The number of hydrogen-bond acceptors (Lipinski definition) is 4. The van der Waals surface area contributed by atoms with Crippen LogP contribution in [0.1, 0.15) is 19.8 Å². The van der Waals surface area contributed by atoms with E-state index in [1.807, 2.05) is 6.07 Å². The summed E-state index contributed by atoms with van der Waals surface area (Å²) in [4.78, 5) is 25.3. The van der Waals surface area contributed by atoms with E-state index in [9.17, 15) is 14.0 Å². The van der Waals surface area contributed by atoms with Gasteiger partial charge in [-0.1, -0.05) is 18.2 Å². The van der Waals surface area contributed by atoms with Crippen LogP contribution in [-0.2, 0) is 9.53 Å². The van der Waals surface area contributed by atoms with Crippen molar-refractivity contribution in [2.45, 2.75) is 19.8 Å². The van der Waals surface area contributed by atoms with Gasteiger partial charge in [0.1, 0.15) is 5.82 Å². The lowest BCUT2D eigenvalue weighted by atomic mass is 9.98. The minimum absolute atomic E-state index is 0.0774. The fourth-order valence-corrected chi connectivity index (χ4v) is 3.24. The summed E-state index contributed by atoms with van der Waals surface area (Å²) >= 11 is 0. The highest BCUT2D eigenvalue weighted by atomic mass is 19.1. The zero-order chi connectivity index (χ0) is 20.1. The topological polar surface area (TPSA) is 84.7 Å². The number of halogens is 1. The molecule has 3 N–H and O–H groups in total. The molecule has 0 bridgehead atoms. The monoisotopic (exact) mass is 385 g/mol. The van der Waals surface area contributed by atoms with Crippen LogP contribution < -0.4 is 11.1 Å². The average molecular weight is 385 g/mol. The van der Waals surface area contributed by atoms with Crippen molar-refractivity contribution >= 4 is 23.4 Å². The zero-order valence-corrected chi connectivity index (χ0v) is 15.8. The molecule has 0 spiro atoms. The molecule has 0 atom stereocenters. The van der Waals surface area contributed by atoms with E-state index < -0.39 is 6.09 Å². The fourth-order valence-electron chi connectivity index (χ4n) is 3.24. The maximum atomic E-state index is 13.1. The molecule has 7 heteroatoms. The molecule has 6 nitrogen and oxygen atoms in total. The maximum absolute atomic E-state index is 13.1. The molecule has 1 aliphatic heterocycles. The lowest BCUT2D eigenvalue weighted by molar-refractivity contribution is -0.130. The Morgan fingerprint density at radius 2 is 1.79 bits per heavy atom. The van der Waals surface area contributed by atoms with Gasteiger partial charge in [-0.3, -0.25) is 10.1 Å². The van der Waals surface area contributed by atoms with E-state index in [1.165, 1.54) is 12.1 Å². The third kappa shape index (κ3) is 5.00. The lowest BCUT2D eigenvalue weighted by Gasteiger charge is -2.30. The summed E-state index contributed by atoms with van der Waals surface area (Å²) < 4.78 is 18.4. The lowest BCUT2D eigenvalue weighted by Crippen LogP contribution is -2.38. The molecule has 2 aromatic rings. The third-order valence-corrected chi connectivity index (χ3v) is 4.98. The minimum Gasteiger partial charge on any atom is -0.449 e. The Hall–Kier alpha value is -3.09. The van der Waals surface area contributed by atoms with E-state index in [2.05, 4.69) is 5.32 Å². The number of nitrogens with two attached hydrogens (primary N) is 1. The van der Waals surface area contributed by atoms with Crippen molar-refractivity contribution in [3.05, 3.63) is 48.3 Å². The number of amides is 2. The molecule has 0 aliphatic carbocycles. The second kappa shape index (κ2) is 8.73. The van der Waals surface area contributed by atoms with Crippen molar-refractivity contribution in [1.29, 1.82) is 0 Å². The van der Waals surface area contributed by atoms with E-state index in [4.69, 9.17) is 10.5 Å². The van der Waals surface area contributed by atoms with Crippen molar-refractivity contribution in [3.63, 3.8) is 0 Å². The number of hydrogen-bond donors (Lipinski definition) is 2. The van der Waals surface area contributed by atoms with Gasteiger partial charge >= 0.3 is 6.09 Å². The molecule has 0 unspecified atom stereocenters. The van der Waals surface area contributed by atoms with Gasteiger partial charge in [0.05, 0.1) is 18.0 Å². The van der Waals surface area contributed by atoms with Crippen molar-refractivity contribution < 1.29 is 18.7 Å². The summed E-state index contributed by atoms with van der Waals surface area (Å²) in [5, 5.41) is 2.67. The van der Waals surface area contributed by atoms with E-state index >= 15 is 0 Å². The SMILES string of the molecule is CC(=O)N1CCC(COC(=O)Nc2cc(-c3ccc(F)cc3)ccc2N)CC1. The molecule has 3 rings (SSSR count). The normalized spacial score (nSPS) is 14.6.